The standard InChI is InChI=1S/C24H29N3O4S/c28-24(19-3-1-2-18(14-19)15-26-10-12-32(29,30)13-11-26)25-20-4-6-21(7-5-20)27-16-22-8-9-23(17-27)31-22/h1-7,14,22-23H,8-13,15-17H2,(H,25,28). The summed E-state index contributed by atoms with van der Waals surface area (Å²) < 4.78 is 29.2. The number of benzene rings is 2. The van der Waals surface area contributed by atoms with Gasteiger partial charge in [-0.15, -0.1) is 0 Å². The number of hydrogen-bond acceptors (Lipinski definition) is 6. The van der Waals surface area contributed by atoms with Crippen LogP contribution in [-0.4, -0.2) is 69.1 Å². The predicted octanol–water partition coefficient (Wildman–Crippen LogP) is 2.54. The number of amides is 1. The van der Waals surface area contributed by atoms with Gasteiger partial charge in [0.2, 0.25) is 0 Å². The molecule has 0 aromatic heterocycles. The third kappa shape index (κ3) is 4.98. The van der Waals surface area contributed by atoms with Crippen LogP contribution in [0.15, 0.2) is 48.5 Å². The number of anilines is 2. The molecule has 3 aliphatic heterocycles. The van der Waals surface area contributed by atoms with Crippen molar-refractivity contribution in [1.29, 1.82) is 0 Å². The van der Waals surface area contributed by atoms with E-state index in [-0.39, 0.29) is 17.4 Å². The fourth-order valence-electron chi connectivity index (χ4n) is 4.76. The lowest BCUT2D eigenvalue weighted by Crippen LogP contribution is -2.42. The maximum atomic E-state index is 12.8. The normalized spacial score (nSPS) is 24.9. The number of fused-ring (bicyclic) bond motifs is 2. The largest absolute Gasteiger partial charge is 0.371 e. The van der Waals surface area contributed by atoms with Crippen LogP contribution in [0.1, 0.15) is 28.8 Å². The average Bonchev–Trinajstić information content (AvgIpc) is 3.13. The second kappa shape index (κ2) is 8.84. The van der Waals surface area contributed by atoms with Crippen molar-refractivity contribution in [3.8, 4) is 0 Å². The summed E-state index contributed by atoms with van der Waals surface area (Å²) in [6, 6.07) is 15.5. The molecule has 2 aromatic carbocycles. The lowest BCUT2D eigenvalue weighted by molar-refractivity contribution is 0.0305. The number of nitrogens with zero attached hydrogens (tertiary/aromatic N) is 2. The Morgan fingerprint density at radius 1 is 1.00 bits per heavy atom. The molecule has 0 spiro atoms. The van der Waals surface area contributed by atoms with E-state index in [9.17, 15) is 13.2 Å². The summed E-state index contributed by atoms with van der Waals surface area (Å²) in [5.41, 5.74) is 3.53. The minimum atomic E-state index is -2.89. The SMILES string of the molecule is O=C(Nc1ccc(N2CC3CCC(C2)O3)cc1)c1cccc(CN2CCS(=O)(=O)CC2)c1. The molecule has 0 saturated carbocycles. The van der Waals surface area contributed by atoms with Crippen molar-refractivity contribution < 1.29 is 17.9 Å². The number of carbonyl (C=O) groups excluding carboxylic acids is 1. The molecule has 1 amide bonds. The van der Waals surface area contributed by atoms with Crippen molar-refractivity contribution in [1.82, 2.24) is 4.90 Å². The fraction of sp³-hybridized carbons (Fsp3) is 0.458. The average molecular weight is 456 g/mol. The molecule has 32 heavy (non-hydrogen) atoms. The van der Waals surface area contributed by atoms with Gasteiger partial charge in [0.25, 0.3) is 5.91 Å². The van der Waals surface area contributed by atoms with E-state index in [1.54, 1.807) is 6.07 Å². The minimum Gasteiger partial charge on any atom is -0.371 e. The molecule has 2 atom stereocenters. The van der Waals surface area contributed by atoms with Crippen molar-refractivity contribution in [2.75, 3.05) is 47.9 Å². The molecule has 1 N–H and O–H groups in total. The van der Waals surface area contributed by atoms with E-state index in [1.807, 2.05) is 30.3 Å². The predicted molar refractivity (Wildman–Crippen MR) is 125 cm³/mol. The van der Waals surface area contributed by atoms with Crippen LogP contribution >= 0.6 is 0 Å². The monoisotopic (exact) mass is 455 g/mol. The van der Waals surface area contributed by atoms with Gasteiger partial charge in [0.1, 0.15) is 0 Å². The summed E-state index contributed by atoms with van der Waals surface area (Å²) >= 11 is 0. The summed E-state index contributed by atoms with van der Waals surface area (Å²) in [6.45, 7) is 3.58. The van der Waals surface area contributed by atoms with Crippen LogP contribution in [-0.2, 0) is 21.1 Å². The van der Waals surface area contributed by atoms with Crippen LogP contribution in [0, 0.1) is 0 Å². The molecule has 7 nitrogen and oxygen atoms in total. The van der Waals surface area contributed by atoms with Gasteiger partial charge in [-0.05, 0) is 54.8 Å². The molecule has 0 radical (unpaired) electrons. The van der Waals surface area contributed by atoms with E-state index in [4.69, 9.17) is 4.74 Å². The summed E-state index contributed by atoms with van der Waals surface area (Å²) in [5.74, 6) is 0.259. The molecule has 170 valence electrons. The molecular weight excluding hydrogens is 426 g/mol. The first-order chi connectivity index (χ1) is 15.4. The van der Waals surface area contributed by atoms with E-state index in [0.717, 1.165) is 42.9 Å². The van der Waals surface area contributed by atoms with Gasteiger partial charge in [-0.1, -0.05) is 12.1 Å². The highest BCUT2D eigenvalue weighted by molar-refractivity contribution is 7.91. The highest BCUT2D eigenvalue weighted by Gasteiger charge is 2.33. The van der Waals surface area contributed by atoms with E-state index >= 15 is 0 Å². The van der Waals surface area contributed by atoms with E-state index < -0.39 is 9.84 Å². The van der Waals surface area contributed by atoms with Crippen LogP contribution < -0.4 is 10.2 Å². The molecule has 5 rings (SSSR count). The Balaban J connectivity index is 1.19. The van der Waals surface area contributed by atoms with Crippen LogP contribution in [0.2, 0.25) is 0 Å². The molecule has 3 aliphatic rings. The summed E-state index contributed by atoms with van der Waals surface area (Å²) in [6.07, 6.45) is 2.97. The van der Waals surface area contributed by atoms with Gasteiger partial charge in [0.05, 0.1) is 23.7 Å². The van der Waals surface area contributed by atoms with Crippen molar-refractivity contribution in [3.05, 3.63) is 59.7 Å². The molecule has 2 aromatic rings. The molecule has 3 fully saturated rings. The summed E-state index contributed by atoms with van der Waals surface area (Å²) in [7, 11) is -2.89. The van der Waals surface area contributed by atoms with E-state index in [0.29, 0.717) is 37.4 Å². The number of sulfone groups is 1. The Labute approximate surface area is 189 Å². The van der Waals surface area contributed by atoms with Crippen LogP contribution in [0.4, 0.5) is 11.4 Å². The zero-order valence-electron chi connectivity index (χ0n) is 18.1. The molecule has 2 unspecified atom stereocenters. The molecular formula is C24H29N3O4S. The number of hydrogen-bond donors (Lipinski definition) is 1. The molecule has 3 heterocycles. The summed E-state index contributed by atoms with van der Waals surface area (Å²) in [4.78, 5) is 17.3. The Morgan fingerprint density at radius 2 is 1.69 bits per heavy atom. The minimum absolute atomic E-state index is 0.148. The number of ether oxygens (including phenoxy) is 1. The zero-order valence-corrected chi connectivity index (χ0v) is 18.9. The smallest absolute Gasteiger partial charge is 0.255 e. The Hall–Kier alpha value is -2.42. The Bertz CT molecular complexity index is 1060. The Morgan fingerprint density at radius 3 is 2.38 bits per heavy atom. The summed E-state index contributed by atoms with van der Waals surface area (Å²) in [5, 5.41) is 2.98. The third-order valence-corrected chi connectivity index (χ3v) is 8.18. The van der Waals surface area contributed by atoms with Gasteiger partial charge in [0.15, 0.2) is 9.84 Å². The van der Waals surface area contributed by atoms with E-state index in [1.165, 1.54) is 0 Å². The lowest BCUT2D eigenvalue weighted by atomic mass is 10.1. The van der Waals surface area contributed by atoms with E-state index in [2.05, 4.69) is 27.2 Å². The van der Waals surface area contributed by atoms with Gasteiger partial charge >= 0.3 is 0 Å². The van der Waals surface area contributed by atoms with Gasteiger partial charge in [-0.2, -0.15) is 0 Å². The first-order valence-corrected chi connectivity index (χ1v) is 13.1. The number of carbonyl (C=O) groups is 1. The first kappa shape index (κ1) is 21.4. The fourth-order valence-corrected chi connectivity index (χ4v) is 6.04. The van der Waals surface area contributed by atoms with Gasteiger partial charge < -0.3 is 15.0 Å². The van der Waals surface area contributed by atoms with Gasteiger partial charge in [-0.25, -0.2) is 8.42 Å². The van der Waals surface area contributed by atoms with Gasteiger partial charge in [0, 0.05) is 49.7 Å². The maximum Gasteiger partial charge on any atom is 0.255 e. The molecule has 8 heteroatoms. The highest BCUT2D eigenvalue weighted by atomic mass is 32.2. The van der Waals surface area contributed by atoms with Crippen LogP contribution in [0.5, 0.6) is 0 Å². The van der Waals surface area contributed by atoms with Gasteiger partial charge in [-0.3, -0.25) is 9.69 Å². The maximum absolute atomic E-state index is 12.8. The Kier molecular flexibility index (Phi) is 5.92. The second-order valence-electron chi connectivity index (χ2n) is 8.99. The molecule has 3 saturated heterocycles. The van der Waals surface area contributed by atoms with Crippen molar-refractivity contribution in [2.24, 2.45) is 0 Å². The van der Waals surface area contributed by atoms with Crippen molar-refractivity contribution in [3.63, 3.8) is 0 Å². The first-order valence-electron chi connectivity index (χ1n) is 11.3. The quantitative estimate of drug-likeness (QED) is 0.747. The number of nitrogens with one attached hydrogen (secondary N) is 1. The molecule has 0 aliphatic carbocycles. The molecule has 2 bridgehead atoms. The highest BCUT2D eigenvalue weighted by Crippen LogP contribution is 2.30. The van der Waals surface area contributed by atoms with Crippen LogP contribution in [0.3, 0.4) is 0 Å². The number of morpholine rings is 1. The second-order valence-corrected chi connectivity index (χ2v) is 11.3. The van der Waals surface area contributed by atoms with Crippen LogP contribution in [0.25, 0.3) is 0 Å². The third-order valence-electron chi connectivity index (χ3n) is 6.57. The lowest BCUT2D eigenvalue weighted by Gasteiger charge is -2.33. The van der Waals surface area contributed by atoms with Crippen molar-refractivity contribution >= 4 is 27.1 Å². The van der Waals surface area contributed by atoms with Crippen molar-refractivity contribution in [2.45, 2.75) is 31.6 Å². The number of rotatable bonds is 5. The zero-order chi connectivity index (χ0) is 22.1. The topological polar surface area (TPSA) is 79.0 Å².